The fraction of sp³-hybridized carbons (Fsp3) is 0.200. The number of carbonyl (C=O) groups excluding carboxylic acids is 2. The summed E-state index contributed by atoms with van der Waals surface area (Å²) in [6.07, 6.45) is 4.00. The summed E-state index contributed by atoms with van der Waals surface area (Å²) in [5.74, 6) is -0.502. The highest BCUT2D eigenvalue weighted by Gasteiger charge is 2.07. The van der Waals surface area contributed by atoms with E-state index in [9.17, 15) is 9.59 Å². The molecule has 0 radical (unpaired) electrons. The van der Waals surface area contributed by atoms with Crippen molar-refractivity contribution in [3.05, 3.63) is 65.2 Å². The first-order valence-electron chi connectivity index (χ1n) is 8.20. The molecule has 0 heterocycles. The van der Waals surface area contributed by atoms with Gasteiger partial charge in [0.25, 0.3) is 0 Å². The fourth-order valence-corrected chi connectivity index (χ4v) is 2.31. The van der Waals surface area contributed by atoms with E-state index in [2.05, 4.69) is 10.6 Å². The summed E-state index contributed by atoms with van der Waals surface area (Å²) in [6, 6.07) is 13.3. The van der Waals surface area contributed by atoms with Crippen LogP contribution in [0.3, 0.4) is 0 Å². The predicted octanol–water partition coefficient (Wildman–Crippen LogP) is 3.11. The number of hydrogen-bond acceptors (Lipinski definition) is 3. The van der Waals surface area contributed by atoms with Gasteiger partial charge in [-0.05, 0) is 42.7 Å². The number of amides is 2. The maximum Gasteiger partial charge on any atom is 0.248 e. The zero-order valence-corrected chi connectivity index (χ0v) is 14.5. The Bertz CT molecular complexity index is 780. The van der Waals surface area contributed by atoms with Crippen LogP contribution in [0.15, 0.2) is 48.5 Å². The second kappa shape index (κ2) is 8.80. The molecule has 0 fully saturated rings. The van der Waals surface area contributed by atoms with Crippen LogP contribution in [-0.2, 0) is 16.0 Å². The monoisotopic (exact) mass is 337 g/mol. The van der Waals surface area contributed by atoms with Crippen LogP contribution in [0.5, 0.6) is 0 Å². The number of nitrogens with one attached hydrogen (secondary N) is 2. The average Bonchev–Trinajstić information content (AvgIpc) is 2.61. The SMILES string of the molecule is CCc1ccc(NC(=O)/C=C/c2ccc(C)cc2)cc1NC(=O)CN. The smallest absolute Gasteiger partial charge is 0.248 e. The molecule has 0 aliphatic carbocycles. The summed E-state index contributed by atoms with van der Waals surface area (Å²) in [5.41, 5.74) is 9.73. The molecule has 0 aromatic heterocycles. The molecule has 0 aliphatic rings. The van der Waals surface area contributed by atoms with Gasteiger partial charge in [0.05, 0.1) is 6.54 Å². The highest BCUT2D eigenvalue weighted by Crippen LogP contribution is 2.21. The second-order valence-corrected chi connectivity index (χ2v) is 5.71. The topological polar surface area (TPSA) is 84.2 Å². The molecule has 2 aromatic carbocycles. The first-order valence-corrected chi connectivity index (χ1v) is 8.20. The van der Waals surface area contributed by atoms with Crippen LogP contribution in [0, 0.1) is 6.92 Å². The lowest BCUT2D eigenvalue weighted by atomic mass is 10.1. The third-order valence-corrected chi connectivity index (χ3v) is 3.72. The predicted molar refractivity (Wildman–Crippen MR) is 102 cm³/mol. The minimum atomic E-state index is -0.266. The molecule has 0 unspecified atom stereocenters. The quantitative estimate of drug-likeness (QED) is 0.708. The highest BCUT2D eigenvalue weighted by molar-refractivity contribution is 6.02. The van der Waals surface area contributed by atoms with Crippen molar-refractivity contribution in [2.24, 2.45) is 5.73 Å². The van der Waals surface area contributed by atoms with Gasteiger partial charge in [-0.2, -0.15) is 0 Å². The number of rotatable bonds is 6. The first kappa shape index (κ1) is 18.4. The Morgan fingerprint density at radius 3 is 2.44 bits per heavy atom. The van der Waals surface area contributed by atoms with E-state index >= 15 is 0 Å². The van der Waals surface area contributed by atoms with E-state index in [0.717, 1.165) is 17.5 Å². The van der Waals surface area contributed by atoms with Gasteiger partial charge in [-0.25, -0.2) is 0 Å². The van der Waals surface area contributed by atoms with Crippen LogP contribution in [0.2, 0.25) is 0 Å². The summed E-state index contributed by atoms with van der Waals surface area (Å²) in [4.78, 5) is 23.6. The Balaban J connectivity index is 2.08. The molecule has 4 N–H and O–H groups in total. The Labute approximate surface area is 147 Å². The summed E-state index contributed by atoms with van der Waals surface area (Å²) >= 11 is 0. The molecule has 0 saturated carbocycles. The Hall–Kier alpha value is -2.92. The Morgan fingerprint density at radius 2 is 1.80 bits per heavy atom. The summed E-state index contributed by atoms with van der Waals surface area (Å²) in [6.45, 7) is 3.93. The molecule has 2 amide bonds. The standard InChI is InChI=1S/C20H23N3O2/c1-3-16-9-10-17(12-18(16)23-20(25)13-21)22-19(24)11-8-15-6-4-14(2)5-7-15/h4-12H,3,13,21H2,1-2H3,(H,22,24)(H,23,25)/b11-8+. The van der Waals surface area contributed by atoms with E-state index in [-0.39, 0.29) is 18.4 Å². The molecule has 2 aromatic rings. The summed E-state index contributed by atoms with van der Waals surface area (Å²) in [7, 11) is 0. The molecule has 0 aliphatic heterocycles. The minimum absolute atomic E-state index is 0.0843. The van der Waals surface area contributed by atoms with Gasteiger partial charge in [-0.1, -0.05) is 42.8 Å². The maximum absolute atomic E-state index is 12.1. The zero-order chi connectivity index (χ0) is 18.2. The van der Waals surface area contributed by atoms with Crippen molar-refractivity contribution in [1.29, 1.82) is 0 Å². The van der Waals surface area contributed by atoms with E-state index in [4.69, 9.17) is 5.73 Å². The maximum atomic E-state index is 12.1. The van der Waals surface area contributed by atoms with E-state index in [1.165, 1.54) is 11.6 Å². The molecule has 130 valence electrons. The molecule has 0 spiro atoms. The molecular weight excluding hydrogens is 314 g/mol. The summed E-state index contributed by atoms with van der Waals surface area (Å²) in [5, 5.41) is 5.55. The molecule has 2 rings (SSSR count). The third-order valence-electron chi connectivity index (χ3n) is 3.72. The lowest BCUT2D eigenvalue weighted by Crippen LogP contribution is -2.22. The van der Waals surface area contributed by atoms with Crippen LogP contribution in [0.25, 0.3) is 6.08 Å². The summed E-state index contributed by atoms with van der Waals surface area (Å²) < 4.78 is 0. The average molecular weight is 337 g/mol. The van der Waals surface area contributed by atoms with Gasteiger partial charge in [-0.15, -0.1) is 0 Å². The van der Waals surface area contributed by atoms with Crippen LogP contribution in [0.1, 0.15) is 23.6 Å². The lowest BCUT2D eigenvalue weighted by molar-refractivity contribution is -0.115. The van der Waals surface area contributed by atoms with Crippen LogP contribution >= 0.6 is 0 Å². The van der Waals surface area contributed by atoms with Crippen LogP contribution in [0.4, 0.5) is 11.4 Å². The van der Waals surface area contributed by atoms with Crippen LogP contribution < -0.4 is 16.4 Å². The van der Waals surface area contributed by atoms with Gasteiger partial charge in [-0.3, -0.25) is 9.59 Å². The number of anilines is 2. The van der Waals surface area contributed by atoms with Gasteiger partial charge in [0, 0.05) is 17.5 Å². The van der Waals surface area contributed by atoms with Crippen molar-refractivity contribution in [3.8, 4) is 0 Å². The number of benzene rings is 2. The van der Waals surface area contributed by atoms with Gasteiger partial charge < -0.3 is 16.4 Å². The largest absolute Gasteiger partial charge is 0.325 e. The van der Waals surface area contributed by atoms with Crippen molar-refractivity contribution >= 4 is 29.3 Å². The van der Waals surface area contributed by atoms with Gasteiger partial charge in [0.1, 0.15) is 0 Å². The van der Waals surface area contributed by atoms with Gasteiger partial charge in [0.2, 0.25) is 11.8 Å². The molecule has 0 saturated heterocycles. The van der Waals surface area contributed by atoms with E-state index < -0.39 is 0 Å². The lowest BCUT2D eigenvalue weighted by Gasteiger charge is -2.12. The van der Waals surface area contributed by atoms with E-state index in [0.29, 0.717) is 11.4 Å². The van der Waals surface area contributed by atoms with E-state index in [1.54, 1.807) is 12.1 Å². The van der Waals surface area contributed by atoms with Crippen molar-refractivity contribution in [3.63, 3.8) is 0 Å². The van der Waals surface area contributed by atoms with Crippen molar-refractivity contribution in [2.75, 3.05) is 17.2 Å². The van der Waals surface area contributed by atoms with Crippen molar-refractivity contribution < 1.29 is 9.59 Å². The van der Waals surface area contributed by atoms with Gasteiger partial charge in [0.15, 0.2) is 0 Å². The number of carbonyl (C=O) groups is 2. The number of nitrogens with two attached hydrogens (primary N) is 1. The number of hydrogen-bond donors (Lipinski definition) is 3. The normalized spacial score (nSPS) is 10.7. The van der Waals surface area contributed by atoms with Gasteiger partial charge >= 0.3 is 0 Å². The Morgan fingerprint density at radius 1 is 1.08 bits per heavy atom. The van der Waals surface area contributed by atoms with Crippen LogP contribution in [-0.4, -0.2) is 18.4 Å². The molecule has 5 heteroatoms. The molecule has 0 atom stereocenters. The molecule has 25 heavy (non-hydrogen) atoms. The van der Waals surface area contributed by atoms with E-state index in [1.807, 2.05) is 50.2 Å². The number of aryl methyl sites for hydroxylation is 2. The second-order valence-electron chi connectivity index (χ2n) is 5.71. The molecule has 0 bridgehead atoms. The minimum Gasteiger partial charge on any atom is -0.325 e. The Kier molecular flexibility index (Phi) is 6.48. The zero-order valence-electron chi connectivity index (χ0n) is 14.5. The van der Waals surface area contributed by atoms with Crippen molar-refractivity contribution in [1.82, 2.24) is 0 Å². The van der Waals surface area contributed by atoms with Crippen molar-refractivity contribution in [2.45, 2.75) is 20.3 Å². The third kappa shape index (κ3) is 5.58. The molecule has 5 nitrogen and oxygen atoms in total. The fourth-order valence-electron chi connectivity index (χ4n) is 2.31. The molecular formula is C20H23N3O2. The highest BCUT2D eigenvalue weighted by atomic mass is 16.2. The first-order chi connectivity index (χ1) is 12.0.